The predicted octanol–water partition coefficient (Wildman–Crippen LogP) is 1.73. The molecule has 0 aliphatic rings. The predicted molar refractivity (Wildman–Crippen MR) is 51.7 cm³/mol. The van der Waals surface area contributed by atoms with Gasteiger partial charge in [0.2, 0.25) is 0 Å². The first kappa shape index (κ1) is 10.8. The maximum atomic E-state index is 5.54. The van der Waals surface area contributed by atoms with Crippen LogP contribution in [0, 0.1) is 5.41 Å². The van der Waals surface area contributed by atoms with Crippen LogP contribution in [0.2, 0.25) is 0 Å². The maximum Gasteiger partial charge on any atom is 0.0784 e. The molecule has 0 aromatic rings. The minimum Gasteiger partial charge on any atom is -0.393 e. The van der Waals surface area contributed by atoms with Crippen LogP contribution in [0.15, 0.2) is 0 Å². The van der Waals surface area contributed by atoms with Crippen molar-refractivity contribution < 1.29 is 4.74 Å². The van der Waals surface area contributed by atoms with Gasteiger partial charge in [-0.05, 0) is 12.8 Å². The summed E-state index contributed by atoms with van der Waals surface area (Å²) in [6.07, 6.45) is 2.01. The van der Waals surface area contributed by atoms with Crippen molar-refractivity contribution in [1.29, 1.82) is 0 Å². The Morgan fingerprint density at radius 3 is 2.45 bits per heavy atom. The van der Waals surface area contributed by atoms with Gasteiger partial charge in [-0.25, -0.2) is 0 Å². The number of hydrogen-bond donors (Lipinski definition) is 1. The Morgan fingerprint density at radius 1 is 1.55 bits per heavy atom. The van der Waals surface area contributed by atoms with Crippen molar-refractivity contribution in [2.75, 3.05) is 13.7 Å². The molecule has 0 spiro atoms. The van der Waals surface area contributed by atoms with E-state index < -0.39 is 0 Å². The van der Waals surface area contributed by atoms with Crippen LogP contribution in [0.5, 0.6) is 0 Å². The van der Waals surface area contributed by atoms with Gasteiger partial charge in [-0.2, -0.15) is 0 Å². The van der Waals surface area contributed by atoms with E-state index in [1.165, 1.54) is 0 Å². The van der Waals surface area contributed by atoms with Crippen LogP contribution in [0.3, 0.4) is 0 Å². The molecule has 2 N–H and O–H groups in total. The third-order valence-corrected chi connectivity index (χ3v) is 2.37. The second-order valence-corrected chi connectivity index (χ2v) is 3.78. The highest BCUT2D eigenvalue weighted by Crippen LogP contribution is 2.22. The lowest BCUT2D eigenvalue weighted by Gasteiger charge is -2.22. The molecule has 66 valence electrons. The molecule has 0 rings (SSSR count). The monoisotopic (exact) mass is 175 g/mol. The van der Waals surface area contributed by atoms with Gasteiger partial charge in [0.05, 0.1) is 4.99 Å². The van der Waals surface area contributed by atoms with Gasteiger partial charge in [0, 0.05) is 19.1 Å². The SMILES string of the molecule is COCCCC(C)(C)C(N)=S. The molecule has 0 aliphatic heterocycles. The molecule has 11 heavy (non-hydrogen) atoms. The second-order valence-electron chi connectivity index (χ2n) is 3.34. The lowest BCUT2D eigenvalue weighted by molar-refractivity contribution is 0.185. The smallest absolute Gasteiger partial charge is 0.0784 e. The van der Waals surface area contributed by atoms with E-state index in [1.807, 2.05) is 0 Å². The molecule has 0 aromatic heterocycles. The Kier molecular flexibility index (Phi) is 4.61. The summed E-state index contributed by atoms with van der Waals surface area (Å²) in [5.41, 5.74) is 5.52. The largest absolute Gasteiger partial charge is 0.393 e. The quantitative estimate of drug-likeness (QED) is 0.510. The van der Waals surface area contributed by atoms with E-state index in [9.17, 15) is 0 Å². The van der Waals surface area contributed by atoms with Crippen LogP contribution in [-0.2, 0) is 4.74 Å². The summed E-state index contributed by atoms with van der Waals surface area (Å²) in [7, 11) is 1.70. The Hall–Kier alpha value is -0.150. The fourth-order valence-electron chi connectivity index (χ4n) is 0.782. The lowest BCUT2D eigenvalue weighted by atomic mass is 9.88. The number of ether oxygens (including phenoxy) is 1. The van der Waals surface area contributed by atoms with Gasteiger partial charge < -0.3 is 10.5 Å². The van der Waals surface area contributed by atoms with Crippen LogP contribution < -0.4 is 5.73 Å². The van der Waals surface area contributed by atoms with E-state index in [1.54, 1.807) is 7.11 Å². The van der Waals surface area contributed by atoms with Gasteiger partial charge in [-0.15, -0.1) is 0 Å². The molecule has 0 radical (unpaired) electrons. The standard InChI is InChI=1S/C8H17NOS/c1-8(2,7(9)11)5-4-6-10-3/h4-6H2,1-3H3,(H2,9,11). The average Bonchev–Trinajstić information content (AvgIpc) is 1.88. The van der Waals surface area contributed by atoms with E-state index in [4.69, 9.17) is 22.7 Å². The molecule has 0 atom stereocenters. The second kappa shape index (κ2) is 4.67. The summed E-state index contributed by atoms with van der Waals surface area (Å²) in [5.74, 6) is 0. The van der Waals surface area contributed by atoms with Crippen molar-refractivity contribution in [3.05, 3.63) is 0 Å². The maximum absolute atomic E-state index is 5.54. The molecule has 0 aromatic carbocycles. The molecule has 0 heterocycles. The van der Waals surface area contributed by atoms with Crippen LogP contribution in [0.4, 0.5) is 0 Å². The van der Waals surface area contributed by atoms with Crippen molar-refractivity contribution in [1.82, 2.24) is 0 Å². The van der Waals surface area contributed by atoms with Crippen molar-refractivity contribution >= 4 is 17.2 Å². The lowest BCUT2D eigenvalue weighted by Crippen LogP contribution is -2.29. The Morgan fingerprint density at radius 2 is 2.09 bits per heavy atom. The van der Waals surface area contributed by atoms with Gasteiger partial charge in [0.15, 0.2) is 0 Å². The molecule has 3 heteroatoms. The van der Waals surface area contributed by atoms with Crippen LogP contribution in [0.25, 0.3) is 0 Å². The van der Waals surface area contributed by atoms with E-state index in [0.717, 1.165) is 19.4 Å². The first-order chi connectivity index (χ1) is 5.00. The molecule has 0 unspecified atom stereocenters. The molecule has 0 bridgehead atoms. The van der Waals surface area contributed by atoms with E-state index in [0.29, 0.717) is 4.99 Å². The fourth-order valence-corrected chi connectivity index (χ4v) is 0.884. The summed E-state index contributed by atoms with van der Waals surface area (Å²) < 4.78 is 4.93. The minimum atomic E-state index is -0.0200. The van der Waals surface area contributed by atoms with Crippen molar-refractivity contribution in [2.24, 2.45) is 11.1 Å². The van der Waals surface area contributed by atoms with Gasteiger partial charge >= 0.3 is 0 Å². The van der Waals surface area contributed by atoms with Gasteiger partial charge in [0.1, 0.15) is 0 Å². The highest BCUT2D eigenvalue weighted by Gasteiger charge is 2.20. The Balaban J connectivity index is 3.64. The van der Waals surface area contributed by atoms with Gasteiger partial charge in [0.25, 0.3) is 0 Å². The molecular formula is C8H17NOS. The summed E-state index contributed by atoms with van der Waals surface area (Å²) in [5, 5.41) is 0. The zero-order valence-electron chi connectivity index (χ0n) is 7.52. The summed E-state index contributed by atoms with van der Waals surface area (Å²) in [6, 6.07) is 0. The van der Waals surface area contributed by atoms with Gasteiger partial charge in [-0.3, -0.25) is 0 Å². The third kappa shape index (κ3) is 4.32. The number of rotatable bonds is 5. The Bertz CT molecular complexity index is 134. The number of methoxy groups -OCH3 is 1. The first-order valence-electron chi connectivity index (χ1n) is 3.79. The molecule has 0 fully saturated rings. The molecule has 2 nitrogen and oxygen atoms in total. The topological polar surface area (TPSA) is 35.2 Å². The molecule has 0 saturated heterocycles. The average molecular weight is 175 g/mol. The highest BCUT2D eigenvalue weighted by molar-refractivity contribution is 7.80. The molecule has 0 aliphatic carbocycles. The summed E-state index contributed by atoms with van der Waals surface area (Å²) in [4.78, 5) is 0.591. The van der Waals surface area contributed by atoms with Crippen LogP contribution >= 0.6 is 12.2 Å². The minimum absolute atomic E-state index is 0.0200. The highest BCUT2D eigenvalue weighted by atomic mass is 32.1. The van der Waals surface area contributed by atoms with E-state index in [-0.39, 0.29) is 5.41 Å². The zero-order valence-corrected chi connectivity index (χ0v) is 8.33. The van der Waals surface area contributed by atoms with Gasteiger partial charge in [-0.1, -0.05) is 26.1 Å². The number of nitrogens with two attached hydrogens (primary N) is 1. The number of thiocarbonyl (C=S) groups is 1. The van der Waals surface area contributed by atoms with Crippen molar-refractivity contribution in [3.8, 4) is 0 Å². The fraction of sp³-hybridized carbons (Fsp3) is 0.875. The third-order valence-electron chi connectivity index (χ3n) is 1.82. The van der Waals surface area contributed by atoms with Crippen LogP contribution in [0.1, 0.15) is 26.7 Å². The zero-order chi connectivity index (χ0) is 8.91. The molecule has 0 amide bonds. The molecule has 0 saturated carbocycles. The van der Waals surface area contributed by atoms with E-state index >= 15 is 0 Å². The first-order valence-corrected chi connectivity index (χ1v) is 4.20. The number of hydrogen-bond acceptors (Lipinski definition) is 2. The van der Waals surface area contributed by atoms with E-state index in [2.05, 4.69) is 13.8 Å². The summed E-state index contributed by atoms with van der Waals surface area (Å²) >= 11 is 4.92. The summed E-state index contributed by atoms with van der Waals surface area (Å²) in [6.45, 7) is 4.90. The van der Waals surface area contributed by atoms with Crippen molar-refractivity contribution in [3.63, 3.8) is 0 Å². The van der Waals surface area contributed by atoms with Crippen LogP contribution in [-0.4, -0.2) is 18.7 Å². The Labute approximate surface area is 74.1 Å². The normalized spacial score (nSPS) is 11.5. The molecular weight excluding hydrogens is 158 g/mol. The van der Waals surface area contributed by atoms with Crippen molar-refractivity contribution in [2.45, 2.75) is 26.7 Å².